The van der Waals surface area contributed by atoms with E-state index in [0.717, 1.165) is 12.8 Å². The Hall–Kier alpha value is -1.49. The highest BCUT2D eigenvalue weighted by molar-refractivity contribution is 6.36. The molecule has 0 radical (unpaired) electrons. The van der Waals surface area contributed by atoms with Crippen LogP contribution in [0, 0.1) is 0 Å². The zero-order chi connectivity index (χ0) is 16.9. The van der Waals surface area contributed by atoms with Gasteiger partial charge in [-0.05, 0) is 43.2 Å². The van der Waals surface area contributed by atoms with E-state index >= 15 is 0 Å². The fourth-order valence-electron chi connectivity index (χ4n) is 2.78. The molecule has 0 aliphatic heterocycles. The molecule has 1 aromatic carbocycles. The van der Waals surface area contributed by atoms with E-state index in [0.29, 0.717) is 34.2 Å². The highest BCUT2D eigenvalue weighted by Gasteiger charge is 2.16. The monoisotopic (exact) mass is 367 g/mol. The number of benzene rings is 1. The summed E-state index contributed by atoms with van der Waals surface area (Å²) in [6.07, 6.45) is 6.23. The molecule has 1 fully saturated rings. The molecule has 0 spiro atoms. The quantitative estimate of drug-likeness (QED) is 0.738. The molecular formula is C18H19Cl2NO3. The van der Waals surface area contributed by atoms with Gasteiger partial charge in [0.05, 0.1) is 16.8 Å². The minimum atomic E-state index is -0.358. The zero-order valence-electron chi connectivity index (χ0n) is 13.2. The first-order valence-corrected chi connectivity index (χ1v) is 8.84. The van der Waals surface area contributed by atoms with Crippen LogP contribution >= 0.6 is 23.2 Å². The topological polar surface area (TPSA) is 51.5 Å². The number of nitrogens with one attached hydrogen (secondary N) is 1. The fourth-order valence-corrected chi connectivity index (χ4v) is 3.24. The lowest BCUT2D eigenvalue weighted by Gasteiger charge is -2.21. The van der Waals surface area contributed by atoms with Gasteiger partial charge in [0.15, 0.2) is 5.76 Å². The van der Waals surface area contributed by atoms with Crippen LogP contribution in [-0.2, 0) is 11.3 Å². The van der Waals surface area contributed by atoms with Crippen LogP contribution in [0.4, 0.5) is 5.69 Å². The van der Waals surface area contributed by atoms with E-state index in [1.165, 1.54) is 19.3 Å². The molecule has 1 N–H and O–H groups in total. The van der Waals surface area contributed by atoms with Crippen molar-refractivity contribution in [2.24, 2.45) is 0 Å². The molecule has 1 saturated carbocycles. The van der Waals surface area contributed by atoms with Crippen molar-refractivity contribution in [3.63, 3.8) is 0 Å². The summed E-state index contributed by atoms with van der Waals surface area (Å²) in [5.74, 6) is 0.513. The van der Waals surface area contributed by atoms with Gasteiger partial charge in [-0.15, -0.1) is 0 Å². The molecule has 0 bridgehead atoms. The minimum Gasteiger partial charge on any atom is -0.453 e. The first-order chi connectivity index (χ1) is 11.6. The van der Waals surface area contributed by atoms with Crippen molar-refractivity contribution in [1.82, 2.24) is 0 Å². The normalized spacial score (nSPS) is 15.4. The maximum atomic E-state index is 12.2. The summed E-state index contributed by atoms with van der Waals surface area (Å²) in [6, 6.07) is 8.29. The highest BCUT2D eigenvalue weighted by atomic mass is 35.5. The third-order valence-electron chi connectivity index (χ3n) is 4.08. The van der Waals surface area contributed by atoms with Gasteiger partial charge in [-0.25, -0.2) is 0 Å². The van der Waals surface area contributed by atoms with Gasteiger partial charge in [-0.1, -0.05) is 42.5 Å². The lowest BCUT2D eigenvalue weighted by Crippen LogP contribution is -2.16. The molecular weight excluding hydrogens is 349 g/mol. The van der Waals surface area contributed by atoms with Crippen LogP contribution in [0.2, 0.25) is 10.0 Å². The Labute approximate surface area is 151 Å². The van der Waals surface area contributed by atoms with E-state index in [9.17, 15) is 4.79 Å². The van der Waals surface area contributed by atoms with Crippen molar-refractivity contribution in [3.8, 4) is 0 Å². The number of hydrogen-bond donors (Lipinski definition) is 1. The molecule has 6 heteroatoms. The van der Waals surface area contributed by atoms with E-state index in [4.69, 9.17) is 32.4 Å². The number of carbonyl (C=O) groups excluding carboxylic acids is 1. The van der Waals surface area contributed by atoms with Crippen LogP contribution in [0.25, 0.3) is 0 Å². The largest absolute Gasteiger partial charge is 0.453 e. The van der Waals surface area contributed by atoms with Gasteiger partial charge in [0.2, 0.25) is 0 Å². The third-order valence-corrected chi connectivity index (χ3v) is 4.63. The van der Waals surface area contributed by atoms with Crippen LogP contribution in [-0.4, -0.2) is 12.0 Å². The number of halogens is 2. The maximum Gasteiger partial charge on any atom is 0.291 e. The molecule has 1 aromatic heterocycles. The predicted octanol–water partition coefficient (Wildman–Crippen LogP) is 5.69. The Balaban J connectivity index is 1.56. The van der Waals surface area contributed by atoms with E-state index in [1.54, 1.807) is 30.3 Å². The average Bonchev–Trinajstić information content (AvgIpc) is 3.05. The summed E-state index contributed by atoms with van der Waals surface area (Å²) in [5.41, 5.74) is 0.488. The van der Waals surface area contributed by atoms with Crippen molar-refractivity contribution >= 4 is 34.8 Å². The van der Waals surface area contributed by atoms with Crippen molar-refractivity contribution < 1.29 is 13.9 Å². The number of carbonyl (C=O) groups is 1. The first-order valence-electron chi connectivity index (χ1n) is 8.08. The summed E-state index contributed by atoms with van der Waals surface area (Å²) in [5, 5.41) is 3.60. The molecule has 1 heterocycles. The first kappa shape index (κ1) is 17.3. The molecule has 2 aromatic rings. The van der Waals surface area contributed by atoms with Crippen LogP contribution in [0.3, 0.4) is 0 Å². The molecule has 3 rings (SSSR count). The van der Waals surface area contributed by atoms with Crippen LogP contribution < -0.4 is 5.32 Å². The van der Waals surface area contributed by atoms with Crippen LogP contribution in [0.1, 0.15) is 48.4 Å². The van der Waals surface area contributed by atoms with Crippen molar-refractivity contribution in [2.45, 2.75) is 44.8 Å². The number of furan rings is 1. The van der Waals surface area contributed by atoms with Gasteiger partial charge in [-0.2, -0.15) is 0 Å². The Kier molecular flexibility index (Phi) is 5.82. The number of hydrogen-bond acceptors (Lipinski definition) is 3. The second-order valence-corrected chi connectivity index (χ2v) is 6.76. The second kappa shape index (κ2) is 8.06. The van der Waals surface area contributed by atoms with Gasteiger partial charge in [0, 0.05) is 5.02 Å². The lowest BCUT2D eigenvalue weighted by molar-refractivity contribution is 0.00849. The zero-order valence-corrected chi connectivity index (χ0v) is 14.7. The molecule has 0 unspecified atom stereocenters. The third kappa shape index (κ3) is 4.53. The molecule has 1 aliphatic carbocycles. The summed E-state index contributed by atoms with van der Waals surface area (Å²) < 4.78 is 11.4. The predicted molar refractivity (Wildman–Crippen MR) is 94.8 cm³/mol. The fraction of sp³-hybridized carbons (Fsp3) is 0.389. The molecule has 1 amide bonds. The van der Waals surface area contributed by atoms with Crippen molar-refractivity contribution in [2.75, 3.05) is 5.32 Å². The van der Waals surface area contributed by atoms with Gasteiger partial charge in [-0.3, -0.25) is 4.79 Å². The standard InChI is InChI=1S/C18H19Cl2NO3/c19-12-6-8-16(15(20)10-12)21-18(22)17-9-7-14(24-17)11-23-13-4-2-1-3-5-13/h6-10,13H,1-5,11H2,(H,21,22). The Bertz CT molecular complexity index is 708. The number of rotatable bonds is 5. The SMILES string of the molecule is O=C(Nc1ccc(Cl)cc1Cl)c1ccc(COC2CCCCC2)o1. The van der Waals surface area contributed by atoms with Crippen molar-refractivity contribution in [3.05, 3.63) is 51.9 Å². The summed E-state index contributed by atoms with van der Waals surface area (Å²) in [6.45, 7) is 0.389. The second-order valence-electron chi connectivity index (χ2n) is 5.92. The van der Waals surface area contributed by atoms with Crippen LogP contribution in [0.15, 0.2) is 34.7 Å². The molecule has 1 aliphatic rings. The van der Waals surface area contributed by atoms with E-state index in [2.05, 4.69) is 5.32 Å². The molecule has 0 saturated heterocycles. The van der Waals surface area contributed by atoms with E-state index in [-0.39, 0.29) is 11.7 Å². The van der Waals surface area contributed by atoms with Gasteiger partial charge < -0.3 is 14.5 Å². The van der Waals surface area contributed by atoms with Gasteiger partial charge in [0.1, 0.15) is 12.4 Å². The summed E-state index contributed by atoms with van der Waals surface area (Å²) in [4.78, 5) is 12.2. The Morgan fingerprint density at radius 1 is 1.17 bits per heavy atom. The number of amides is 1. The van der Waals surface area contributed by atoms with Gasteiger partial charge >= 0.3 is 0 Å². The maximum absolute atomic E-state index is 12.2. The van der Waals surface area contributed by atoms with E-state index < -0.39 is 0 Å². The highest BCUT2D eigenvalue weighted by Crippen LogP contribution is 2.26. The number of ether oxygens (including phenoxy) is 1. The summed E-state index contributed by atoms with van der Waals surface area (Å²) >= 11 is 11.9. The Morgan fingerprint density at radius 3 is 2.71 bits per heavy atom. The summed E-state index contributed by atoms with van der Waals surface area (Å²) in [7, 11) is 0. The number of anilines is 1. The lowest BCUT2D eigenvalue weighted by atomic mass is 9.98. The molecule has 24 heavy (non-hydrogen) atoms. The smallest absolute Gasteiger partial charge is 0.291 e. The van der Waals surface area contributed by atoms with Crippen LogP contribution in [0.5, 0.6) is 0 Å². The Morgan fingerprint density at radius 2 is 1.96 bits per heavy atom. The van der Waals surface area contributed by atoms with E-state index in [1.807, 2.05) is 0 Å². The van der Waals surface area contributed by atoms with Gasteiger partial charge in [0.25, 0.3) is 5.91 Å². The van der Waals surface area contributed by atoms with Crippen molar-refractivity contribution in [1.29, 1.82) is 0 Å². The molecule has 4 nitrogen and oxygen atoms in total. The average molecular weight is 368 g/mol. The molecule has 0 atom stereocenters. The minimum absolute atomic E-state index is 0.225. The molecule has 128 valence electrons.